The highest BCUT2D eigenvalue weighted by molar-refractivity contribution is 8.02. The van der Waals surface area contributed by atoms with Crippen molar-refractivity contribution in [1.29, 1.82) is 0 Å². The first-order valence-corrected chi connectivity index (χ1v) is 11.8. The molecule has 1 spiro atoms. The summed E-state index contributed by atoms with van der Waals surface area (Å²) in [6.45, 7) is 3.99. The van der Waals surface area contributed by atoms with E-state index in [1.807, 2.05) is 6.92 Å². The van der Waals surface area contributed by atoms with Gasteiger partial charge in [-0.25, -0.2) is 0 Å². The number of fused-ring (bicyclic) bond motifs is 1. The molecule has 0 radical (unpaired) electrons. The average Bonchev–Trinajstić information content (AvgIpc) is 3.24. The third-order valence-corrected chi connectivity index (χ3v) is 9.34. The number of hydrogen-bond acceptors (Lipinski definition) is 6. The Balaban J connectivity index is 1.66. The summed E-state index contributed by atoms with van der Waals surface area (Å²) in [6, 6.07) is -0.488. The van der Waals surface area contributed by atoms with Crippen LogP contribution < -0.4 is 5.32 Å². The Morgan fingerprint density at radius 1 is 1.28 bits per heavy atom. The summed E-state index contributed by atoms with van der Waals surface area (Å²) < 4.78 is 4.33. The van der Waals surface area contributed by atoms with Crippen molar-refractivity contribution in [2.45, 2.75) is 80.4 Å². The van der Waals surface area contributed by atoms with E-state index in [9.17, 15) is 19.5 Å². The molecular formula is C21H32N2O5S. The molecule has 2 unspecified atom stereocenters. The standard InChI is InChI=1S/C21H32N2O5S/c1-3-28-19(27)15-14-18(26)23(11-12-24)16(21(14)10-9-20(15,2)29-21)17(25)22-13-7-5-4-6-8-13/h13-16,24H,3-12H2,1-2H3,(H,22,25)/t14-,15-,16?,20+,21?/m0/s1. The predicted molar refractivity (Wildman–Crippen MR) is 109 cm³/mol. The zero-order chi connectivity index (χ0) is 20.8. The Bertz CT molecular complexity index is 697. The number of amides is 2. The first kappa shape index (κ1) is 21.0. The zero-order valence-corrected chi connectivity index (χ0v) is 18.1. The van der Waals surface area contributed by atoms with Gasteiger partial charge in [-0.1, -0.05) is 19.3 Å². The fraction of sp³-hybridized carbons (Fsp3) is 0.857. The van der Waals surface area contributed by atoms with E-state index >= 15 is 0 Å². The number of esters is 1. The topological polar surface area (TPSA) is 95.9 Å². The molecule has 4 rings (SSSR count). The monoisotopic (exact) mass is 424 g/mol. The molecule has 29 heavy (non-hydrogen) atoms. The Morgan fingerprint density at radius 3 is 2.66 bits per heavy atom. The number of nitrogens with zero attached hydrogens (tertiary/aromatic N) is 1. The van der Waals surface area contributed by atoms with Crippen LogP contribution in [0.4, 0.5) is 0 Å². The van der Waals surface area contributed by atoms with E-state index in [0.717, 1.165) is 38.5 Å². The van der Waals surface area contributed by atoms with E-state index in [0.29, 0.717) is 0 Å². The second-order valence-corrected chi connectivity index (χ2v) is 11.0. The summed E-state index contributed by atoms with van der Waals surface area (Å²) in [5.74, 6) is -1.74. The molecule has 162 valence electrons. The van der Waals surface area contributed by atoms with E-state index in [4.69, 9.17) is 4.74 Å². The number of thioether (sulfide) groups is 1. The minimum absolute atomic E-state index is 0.118. The molecule has 3 heterocycles. The van der Waals surface area contributed by atoms with Crippen molar-refractivity contribution in [2.75, 3.05) is 19.8 Å². The van der Waals surface area contributed by atoms with Crippen LogP contribution in [-0.2, 0) is 19.1 Å². The van der Waals surface area contributed by atoms with Crippen LogP contribution in [0.15, 0.2) is 0 Å². The van der Waals surface area contributed by atoms with Crippen molar-refractivity contribution in [1.82, 2.24) is 10.2 Å². The summed E-state index contributed by atoms with van der Waals surface area (Å²) in [5, 5.41) is 12.8. The van der Waals surface area contributed by atoms with E-state index in [1.54, 1.807) is 18.7 Å². The van der Waals surface area contributed by atoms with Crippen molar-refractivity contribution in [2.24, 2.45) is 11.8 Å². The highest BCUT2D eigenvalue weighted by Gasteiger charge is 2.77. The minimum Gasteiger partial charge on any atom is -0.466 e. The van der Waals surface area contributed by atoms with Crippen LogP contribution in [0.1, 0.15) is 58.8 Å². The molecule has 1 saturated carbocycles. The van der Waals surface area contributed by atoms with Crippen LogP contribution in [0.5, 0.6) is 0 Å². The van der Waals surface area contributed by atoms with Crippen molar-refractivity contribution < 1.29 is 24.2 Å². The van der Waals surface area contributed by atoms with Gasteiger partial charge in [0.05, 0.1) is 29.8 Å². The van der Waals surface area contributed by atoms with E-state index < -0.39 is 22.6 Å². The molecule has 2 N–H and O–H groups in total. The molecule has 0 aromatic carbocycles. The highest BCUT2D eigenvalue weighted by atomic mass is 32.2. The first-order chi connectivity index (χ1) is 13.9. The van der Waals surface area contributed by atoms with Gasteiger partial charge in [0.25, 0.3) is 0 Å². The Hall–Kier alpha value is -1.28. The number of β-amino-alcohol motifs (C(OH)–C–C–N with tert-alkyl or cyclic N) is 1. The van der Waals surface area contributed by atoms with Crippen molar-refractivity contribution in [3.63, 3.8) is 0 Å². The lowest BCUT2D eigenvalue weighted by atomic mass is 9.66. The zero-order valence-electron chi connectivity index (χ0n) is 17.3. The minimum atomic E-state index is -0.639. The lowest BCUT2D eigenvalue weighted by molar-refractivity contribution is -0.155. The molecule has 3 aliphatic heterocycles. The van der Waals surface area contributed by atoms with Gasteiger partial charge in [-0.05, 0) is 39.5 Å². The van der Waals surface area contributed by atoms with E-state index in [-0.39, 0.29) is 48.3 Å². The fourth-order valence-corrected chi connectivity index (χ4v) is 8.54. The molecule has 5 atom stereocenters. The number of likely N-dealkylation sites (tertiary alicyclic amines) is 1. The Kier molecular flexibility index (Phi) is 5.61. The number of rotatable bonds is 6. The van der Waals surface area contributed by atoms with Crippen LogP contribution in [-0.4, -0.2) is 69.1 Å². The van der Waals surface area contributed by atoms with Gasteiger partial charge in [0, 0.05) is 17.3 Å². The normalized spacial score (nSPS) is 38.9. The summed E-state index contributed by atoms with van der Waals surface area (Å²) in [6.07, 6.45) is 6.88. The second kappa shape index (κ2) is 7.76. The third-order valence-electron chi connectivity index (χ3n) is 7.36. The smallest absolute Gasteiger partial charge is 0.311 e. The molecule has 4 aliphatic rings. The van der Waals surface area contributed by atoms with Crippen LogP contribution in [0.25, 0.3) is 0 Å². The van der Waals surface area contributed by atoms with Crippen molar-refractivity contribution >= 4 is 29.5 Å². The number of aliphatic hydroxyl groups excluding tert-OH is 1. The van der Waals surface area contributed by atoms with Gasteiger partial charge in [-0.3, -0.25) is 14.4 Å². The SMILES string of the molecule is CCOC(=O)[C@@H]1[C@H]2C(=O)N(CCO)C(C(=O)NC3CCCCC3)C23CC[C@@]1(C)S3. The van der Waals surface area contributed by atoms with Crippen molar-refractivity contribution in [3.05, 3.63) is 0 Å². The van der Waals surface area contributed by atoms with Gasteiger partial charge < -0.3 is 20.1 Å². The first-order valence-electron chi connectivity index (χ1n) is 11.0. The number of carbonyl (C=O) groups excluding carboxylic acids is 3. The molecule has 1 aliphatic carbocycles. The van der Waals surface area contributed by atoms with Crippen molar-refractivity contribution in [3.8, 4) is 0 Å². The number of nitrogens with one attached hydrogen (secondary N) is 1. The molecule has 8 heteroatoms. The fourth-order valence-electron chi connectivity index (χ4n) is 6.19. The van der Waals surface area contributed by atoms with Gasteiger partial charge in [0.2, 0.25) is 11.8 Å². The van der Waals surface area contributed by atoms with Gasteiger partial charge >= 0.3 is 5.97 Å². The third kappa shape index (κ3) is 3.17. The van der Waals surface area contributed by atoms with Crippen LogP contribution in [0.2, 0.25) is 0 Å². The summed E-state index contributed by atoms with van der Waals surface area (Å²) >= 11 is 1.64. The van der Waals surface area contributed by atoms with Gasteiger partial charge in [0.15, 0.2) is 0 Å². The largest absolute Gasteiger partial charge is 0.466 e. The lowest BCUT2D eigenvalue weighted by Crippen LogP contribution is -2.55. The maximum atomic E-state index is 13.5. The molecule has 0 aromatic rings. The number of aliphatic hydroxyl groups is 1. The number of hydrogen-bond donors (Lipinski definition) is 2. The summed E-state index contributed by atoms with van der Waals surface area (Å²) in [7, 11) is 0. The van der Waals surface area contributed by atoms with Gasteiger partial charge in [-0.2, -0.15) is 0 Å². The summed E-state index contributed by atoms with van der Waals surface area (Å²) in [4.78, 5) is 41.3. The number of ether oxygens (including phenoxy) is 1. The highest BCUT2D eigenvalue weighted by Crippen LogP contribution is 2.71. The van der Waals surface area contributed by atoms with Gasteiger partial charge in [0.1, 0.15) is 6.04 Å². The molecular weight excluding hydrogens is 392 g/mol. The Labute approximate surface area is 176 Å². The van der Waals surface area contributed by atoms with Gasteiger partial charge in [-0.15, -0.1) is 11.8 Å². The molecule has 7 nitrogen and oxygen atoms in total. The maximum absolute atomic E-state index is 13.5. The molecule has 2 bridgehead atoms. The Morgan fingerprint density at radius 2 is 2.00 bits per heavy atom. The van der Waals surface area contributed by atoms with Crippen LogP contribution in [0.3, 0.4) is 0 Å². The predicted octanol–water partition coefficient (Wildman–Crippen LogP) is 1.47. The molecule has 2 amide bonds. The second-order valence-electron chi connectivity index (χ2n) is 9.08. The maximum Gasteiger partial charge on any atom is 0.311 e. The average molecular weight is 425 g/mol. The van der Waals surface area contributed by atoms with E-state index in [1.165, 1.54) is 11.3 Å². The van der Waals surface area contributed by atoms with Crippen LogP contribution in [0, 0.1) is 11.8 Å². The number of carbonyl (C=O) groups is 3. The molecule has 3 saturated heterocycles. The van der Waals surface area contributed by atoms with E-state index in [2.05, 4.69) is 5.32 Å². The summed E-state index contributed by atoms with van der Waals surface area (Å²) in [5.41, 5.74) is 0. The molecule has 0 aromatic heterocycles. The lowest BCUT2D eigenvalue weighted by Gasteiger charge is -2.35. The molecule has 4 fully saturated rings. The van der Waals surface area contributed by atoms with Crippen LogP contribution >= 0.6 is 11.8 Å². The quantitative estimate of drug-likeness (QED) is 0.627.